The lowest BCUT2D eigenvalue weighted by atomic mass is 9.67. The largest absolute Gasteiger partial charge is 0.388 e. The highest BCUT2D eigenvalue weighted by molar-refractivity contribution is 5.79. The fraction of sp³-hybridized carbons (Fsp3) is 0.633. The molecule has 204 valence electrons. The summed E-state index contributed by atoms with van der Waals surface area (Å²) in [6, 6.07) is 11.2. The van der Waals surface area contributed by atoms with Gasteiger partial charge in [-0.15, -0.1) is 0 Å². The minimum absolute atomic E-state index is 0.0227. The molecule has 0 atom stereocenters. The smallest absolute Gasteiger partial charge is 0.320 e. The molecular weight excluding hydrogens is 476 g/mol. The minimum atomic E-state index is -0.717. The SMILES string of the molecule is CN(C)[C@]1(c2ccccc2)CC[C@]2(CC1)CN(C1CCN(c3cncnc3)CC1)C(=O)N2CC1(O)CCC1. The zero-order valence-electron chi connectivity index (χ0n) is 22.9. The first-order chi connectivity index (χ1) is 18.3. The van der Waals surface area contributed by atoms with Gasteiger partial charge in [-0.2, -0.15) is 0 Å². The number of amides is 2. The lowest BCUT2D eigenvalue weighted by Crippen LogP contribution is -2.59. The van der Waals surface area contributed by atoms with E-state index in [1.54, 1.807) is 6.33 Å². The van der Waals surface area contributed by atoms with Crippen molar-refractivity contribution in [3.8, 4) is 0 Å². The lowest BCUT2D eigenvalue weighted by molar-refractivity contribution is -0.0725. The molecule has 1 aromatic heterocycles. The van der Waals surface area contributed by atoms with E-state index in [-0.39, 0.29) is 23.2 Å². The van der Waals surface area contributed by atoms with E-state index in [0.717, 1.165) is 83.1 Å². The number of β-amino-alcohol motifs (C(OH)–C–C–N with tert-alkyl or cyclic N) is 1. The van der Waals surface area contributed by atoms with Crippen LogP contribution in [0.3, 0.4) is 0 Å². The summed E-state index contributed by atoms with van der Waals surface area (Å²) in [4.78, 5) is 31.5. The molecule has 0 radical (unpaired) electrons. The molecule has 38 heavy (non-hydrogen) atoms. The van der Waals surface area contributed by atoms with Crippen LogP contribution < -0.4 is 4.90 Å². The van der Waals surface area contributed by atoms with E-state index in [0.29, 0.717) is 6.54 Å². The summed E-state index contributed by atoms with van der Waals surface area (Å²) in [5, 5.41) is 11.2. The van der Waals surface area contributed by atoms with Crippen LogP contribution in [-0.2, 0) is 5.54 Å². The fourth-order valence-electron chi connectivity index (χ4n) is 7.58. The Labute approximate surface area is 226 Å². The van der Waals surface area contributed by atoms with Crippen molar-refractivity contribution in [2.24, 2.45) is 0 Å². The number of rotatable bonds is 6. The van der Waals surface area contributed by atoms with Crippen molar-refractivity contribution < 1.29 is 9.90 Å². The maximum absolute atomic E-state index is 14.1. The quantitative estimate of drug-likeness (QED) is 0.626. The van der Waals surface area contributed by atoms with Crippen LogP contribution >= 0.6 is 0 Å². The second-order valence-electron chi connectivity index (χ2n) is 12.4. The lowest BCUT2D eigenvalue weighted by Gasteiger charge is -2.52. The van der Waals surface area contributed by atoms with Crippen molar-refractivity contribution >= 4 is 11.7 Å². The molecule has 0 unspecified atom stereocenters. The molecule has 0 bridgehead atoms. The van der Waals surface area contributed by atoms with Gasteiger partial charge in [-0.3, -0.25) is 4.90 Å². The molecular formula is C30H42N6O2. The Hall–Kier alpha value is -2.71. The zero-order valence-corrected chi connectivity index (χ0v) is 22.9. The number of anilines is 1. The van der Waals surface area contributed by atoms with Crippen molar-refractivity contribution in [3.05, 3.63) is 54.6 Å². The van der Waals surface area contributed by atoms with Gasteiger partial charge < -0.3 is 19.8 Å². The average molecular weight is 519 g/mol. The van der Waals surface area contributed by atoms with Gasteiger partial charge in [0.2, 0.25) is 0 Å². The molecule has 1 spiro atoms. The van der Waals surface area contributed by atoms with Crippen LogP contribution in [0, 0.1) is 0 Å². The molecule has 8 nitrogen and oxygen atoms in total. The summed E-state index contributed by atoms with van der Waals surface area (Å²) in [6.07, 6.45) is 13.8. The molecule has 4 fully saturated rings. The Bertz CT molecular complexity index is 1110. The maximum Gasteiger partial charge on any atom is 0.320 e. The normalized spacial score (nSPS) is 29.8. The zero-order chi connectivity index (χ0) is 26.4. The van der Waals surface area contributed by atoms with Gasteiger partial charge in [-0.25, -0.2) is 14.8 Å². The first-order valence-electron chi connectivity index (χ1n) is 14.4. The molecule has 1 aromatic carbocycles. The number of hydrogen-bond acceptors (Lipinski definition) is 6. The van der Waals surface area contributed by atoms with E-state index in [9.17, 15) is 9.90 Å². The number of carbonyl (C=O) groups excluding carboxylic acids is 1. The van der Waals surface area contributed by atoms with Gasteiger partial charge in [0.05, 0.1) is 35.8 Å². The van der Waals surface area contributed by atoms with E-state index in [2.05, 4.69) is 74.0 Å². The number of aromatic nitrogens is 2. The number of aliphatic hydroxyl groups is 1. The third-order valence-electron chi connectivity index (χ3n) is 10.2. The van der Waals surface area contributed by atoms with Crippen molar-refractivity contribution in [1.82, 2.24) is 24.7 Å². The van der Waals surface area contributed by atoms with Gasteiger partial charge >= 0.3 is 6.03 Å². The van der Waals surface area contributed by atoms with E-state index in [1.807, 2.05) is 12.4 Å². The second kappa shape index (κ2) is 9.79. The molecule has 2 saturated heterocycles. The van der Waals surface area contributed by atoms with Crippen LogP contribution in [0.25, 0.3) is 0 Å². The second-order valence-corrected chi connectivity index (χ2v) is 12.4. The number of benzene rings is 1. The predicted octanol–water partition coefficient (Wildman–Crippen LogP) is 3.87. The minimum Gasteiger partial charge on any atom is -0.388 e. The molecule has 6 rings (SSSR count). The van der Waals surface area contributed by atoms with E-state index < -0.39 is 5.60 Å². The molecule has 2 aliphatic carbocycles. The third kappa shape index (κ3) is 4.35. The summed E-state index contributed by atoms with van der Waals surface area (Å²) in [6.45, 7) is 3.05. The van der Waals surface area contributed by atoms with Crippen molar-refractivity contribution in [2.75, 3.05) is 45.2 Å². The number of nitrogens with zero attached hydrogens (tertiary/aromatic N) is 6. The van der Waals surface area contributed by atoms with Crippen molar-refractivity contribution in [3.63, 3.8) is 0 Å². The highest BCUT2D eigenvalue weighted by Gasteiger charge is 2.57. The molecule has 4 aliphatic rings. The van der Waals surface area contributed by atoms with Gasteiger partial charge in [0.15, 0.2) is 0 Å². The standard InChI is InChI=1S/C30H42N6O2/c1-33(2)30(24-7-4-3-5-8-24)15-13-28(14-16-30)21-35(27(37)36(28)22-29(38)11-6-12-29)25-9-17-34(18-10-25)26-19-31-23-32-20-26/h3-5,7-8,19-20,23,25,38H,6,9-18,21-22H2,1-2H3/t28-,30+. The molecule has 3 heterocycles. The highest BCUT2D eigenvalue weighted by atomic mass is 16.3. The Kier molecular flexibility index (Phi) is 6.59. The Balaban J connectivity index is 1.22. The fourth-order valence-corrected chi connectivity index (χ4v) is 7.58. The summed E-state index contributed by atoms with van der Waals surface area (Å²) < 4.78 is 0. The van der Waals surface area contributed by atoms with Crippen molar-refractivity contribution in [1.29, 1.82) is 0 Å². The van der Waals surface area contributed by atoms with Crippen molar-refractivity contribution in [2.45, 2.75) is 80.5 Å². The van der Waals surface area contributed by atoms with Gasteiger partial charge in [0.25, 0.3) is 0 Å². The maximum atomic E-state index is 14.1. The van der Waals surface area contributed by atoms with Crippen LogP contribution in [0.4, 0.5) is 10.5 Å². The molecule has 2 aliphatic heterocycles. The van der Waals surface area contributed by atoms with Crippen LogP contribution in [0.2, 0.25) is 0 Å². The summed E-state index contributed by atoms with van der Waals surface area (Å²) in [7, 11) is 4.38. The Morgan fingerprint density at radius 2 is 1.63 bits per heavy atom. The van der Waals surface area contributed by atoms with E-state index in [4.69, 9.17) is 0 Å². The molecule has 8 heteroatoms. The van der Waals surface area contributed by atoms with Gasteiger partial charge in [-0.05, 0) is 77.4 Å². The molecule has 1 N–H and O–H groups in total. The first-order valence-corrected chi connectivity index (χ1v) is 14.4. The Morgan fingerprint density at radius 3 is 2.21 bits per heavy atom. The molecule has 2 amide bonds. The third-order valence-corrected chi connectivity index (χ3v) is 10.2. The number of urea groups is 1. The number of hydrogen-bond donors (Lipinski definition) is 1. The summed E-state index contributed by atoms with van der Waals surface area (Å²) in [5.74, 6) is 0. The van der Waals surface area contributed by atoms with E-state index >= 15 is 0 Å². The average Bonchev–Trinajstić information content (AvgIpc) is 3.20. The van der Waals surface area contributed by atoms with Crippen LogP contribution in [0.15, 0.2) is 49.1 Å². The van der Waals surface area contributed by atoms with Crippen LogP contribution in [-0.4, -0.2) is 93.3 Å². The number of carbonyl (C=O) groups is 1. The highest BCUT2D eigenvalue weighted by Crippen LogP contribution is 2.50. The first kappa shape index (κ1) is 25.6. The topological polar surface area (TPSA) is 76.0 Å². The predicted molar refractivity (Wildman–Crippen MR) is 148 cm³/mol. The monoisotopic (exact) mass is 518 g/mol. The Morgan fingerprint density at radius 1 is 0.974 bits per heavy atom. The molecule has 2 saturated carbocycles. The van der Waals surface area contributed by atoms with E-state index in [1.165, 1.54) is 5.56 Å². The van der Waals surface area contributed by atoms with Gasteiger partial charge in [0.1, 0.15) is 6.33 Å². The summed E-state index contributed by atoms with van der Waals surface area (Å²) >= 11 is 0. The number of piperidine rings is 1. The molecule has 2 aromatic rings. The van der Waals surface area contributed by atoms with Gasteiger partial charge in [0, 0.05) is 31.2 Å². The summed E-state index contributed by atoms with van der Waals surface area (Å²) in [5.41, 5.74) is 1.47. The van der Waals surface area contributed by atoms with Gasteiger partial charge in [-0.1, -0.05) is 30.3 Å². The van der Waals surface area contributed by atoms with Crippen LogP contribution in [0.5, 0.6) is 0 Å². The van der Waals surface area contributed by atoms with Crippen LogP contribution in [0.1, 0.15) is 63.4 Å².